The van der Waals surface area contributed by atoms with E-state index in [9.17, 15) is 9.59 Å². The zero-order chi connectivity index (χ0) is 28.9. The summed E-state index contributed by atoms with van der Waals surface area (Å²) in [5, 5.41) is 3.23. The van der Waals surface area contributed by atoms with Crippen LogP contribution in [-0.4, -0.2) is 57.1 Å². The number of likely N-dealkylation sites (tertiary alicyclic amines) is 1. The topological polar surface area (TPSA) is 71.1 Å². The van der Waals surface area contributed by atoms with Crippen molar-refractivity contribution in [3.05, 3.63) is 89.5 Å². The highest BCUT2D eigenvalue weighted by Gasteiger charge is 2.44. The second kappa shape index (κ2) is 12.8. The number of ether oxygens (including phenoxy) is 2. The Kier molecular flexibility index (Phi) is 8.93. The van der Waals surface area contributed by atoms with Crippen molar-refractivity contribution in [3.63, 3.8) is 0 Å². The number of amides is 2. The molecule has 0 unspecified atom stereocenters. The first-order valence-corrected chi connectivity index (χ1v) is 14.6. The summed E-state index contributed by atoms with van der Waals surface area (Å²) in [6.07, 6.45) is 2.17. The highest BCUT2D eigenvalue weighted by atomic mass is 16.5. The molecule has 3 aromatic rings. The summed E-state index contributed by atoms with van der Waals surface area (Å²) in [6.45, 7) is 8.43. The fourth-order valence-electron chi connectivity index (χ4n) is 6.58. The summed E-state index contributed by atoms with van der Waals surface area (Å²) in [7, 11) is 3.24. The molecule has 0 saturated carbocycles. The molecule has 7 nitrogen and oxygen atoms in total. The lowest BCUT2D eigenvalue weighted by atomic mass is 9.78. The van der Waals surface area contributed by atoms with Crippen LogP contribution in [0.3, 0.4) is 0 Å². The van der Waals surface area contributed by atoms with Crippen molar-refractivity contribution in [3.8, 4) is 11.5 Å². The van der Waals surface area contributed by atoms with Crippen LogP contribution in [0.1, 0.15) is 60.1 Å². The molecule has 216 valence electrons. The van der Waals surface area contributed by atoms with Crippen LogP contribution in [0.5, 0.6) is 11.5 Å². The minimum absolute atomic E-state index is 0.0790. The fourth-order valence-corrected chi connectivity index (χ4v) is 6.58. The van der Waals surface area contributed by atoms with Gasteiger partial charge < -0.3 is 19.7 Å². The number of carbonyl (C=O) groups excluding carboxylic acids is 2. The Morgan fingerprint density at radius 2 is 1.49 bits per heavy atom. The molecule has 1 N–H and O–H groups in total. The number of fused-ring (bicyclic) bond motifs is 1. The van der Waals surface area contributed by atoms with Crippen molar-refractivity contribution in [1.82, 2.24) is 10.2 Å². The first-order chi connectivity index (χ1) is 19.9. The van der Waals surface area contributed by atoms with Gasteiger partial charge in [0.2, 0.25) is 5.91 Å². The molecule has 2 heterocycles. The van der Waals surface area contributed by atoms with Crippen molar-refractivity contribution in [2.24, 2.45) is 11.8 Å². The van der Waals surface area contributed by atoms with Crippen molar-refractivity contribution >= 4 is 17.5 Å². The third-order valence-electron chi connectivity index (χ3n) is 8.32. The number of anilines is 1. The molecule has 2 aliphatic rings. The molecular weight excluding hydrogens is 514 g/mol. The number of methoxy groups -OCH3 is 2. The highest BCUT2D eigenvalue weighted by Crippen LogP contribution is 2.45. The van der Waals surface area contributed by atoms with Crippen LogP contribution in [0, 0.1) is 11.8 Å². The van der Waals surface area contributed by atoms with Crippen LogP contribution < -0.4 is 19.7 Å². The number of carbonyl (C=O) groups is 2. The predicted octanol–water partition coefficient (Wildman–Crippen LogP) is 5.67. The van der Waals surface area contributed by atoms with Crippen LogP contribution in [0.25, 0.3) is 0 Å². The van der Waals surface area contributed by atoms with E-state index in [1.54, 1.807) is 19.1 Å². The lowest BCUT2D eigenvalue weighted by Crippen LogP contribution is -2.48. The number of rotatable bonds is 9. The zero-order valence-electron chi connectivity index (χ0n) is 24.5. The van der Waals surface area contributed by atoms with Gasteiger partial charge in [0, 0.05) is 30.9 Å². The van der Waals surface area contributed by atoms with Gasteiger partial charge in [0.1, 0.15) is 11.5 Å². The molecule has 3 aromatic carbocycles. The zero-order valence-corrected chi connectivity index (χ0v) is 24.5. The second-order valence-electron chi connectivity index (χ2n) is 11.5. The minimum Gasteiger partial charge on any atom is -0.497 e. The van der Waals surface area contributed by atoms with Gasteiger partial charge in [0.15, 0.2) is 0 Å². The monoisotopic (exact) mass is 555 g/mol. The molecule has 0 spiro atoms. The molecule has 7 heteroatoms. The molecule has 0 aliphatic carbocycles. The summed E-state index contributed by atoms with van der Waals surface area (Å²) < 4.78 is 10.8. The molecule has 0 radical (unpaired) electrons. The van der Waals surface area contributed by atoms with E-state index in [1.165, 1.54) is 6.42 Å². The first-order valence-electron chi connectivity index (χ1n) is 14.6. The normalized spacial score (nSPS) is 22.6. The van der Waals surface area contributed by atoms with Crippen LogP contribution in [0.2, 0.25) is 0 Å². The van der Waals surface area contributed by atoms with Gasteiger partial charge in [-0.15, -0.1) is 0 Å². The second-order valence-corrected chi connectivity index (χ2v) is 11.5. The summed E-state index contributed by atoms with van der Waals surface area (Å²) in [6, 6.07) is 22.0. The quantitative estimate of drug-likeness (QED) is 0.345. The number of benzene rings is 3. The van der Waals surface area contributed by atoms with Gasteiger partial charge in [-0.2, -0.15) is 0 Å². The molecule has 1 saturated heterocycles. The molecule has 0 bridgehead atoms. The van der Waals surface area contributed by atoms with Gasteiger partial charge in [-0.3, -0.25) is 14.5 Å². The van der Waals surface area contributed by atoms with Gasteiger partial charge in [-0.25, -0.2) is 0 Å². The van der Waals surface area contributed by atoms with E-state index in [2.05, 4.69) is 24.1 Å². The number of hydrogen-bond donors (Lipinski definition) is 1. The molecule has 2 aliphatic heterocycles. The molecule has 0 aromatic heterocycles. The Morgan fingerprint density at radius 1 is 0.878 bits per heavy atom. The summed E-state index contributed by atoms with van der Waals surface area (Å²) in [5.41, 5.74) is 2.86. The van der Waals surface area contributed by atoms with E-state index < -0.39 is 12.0 Å². The van der Waals surface area contributed by atoms with Gasteiger partial charge in [0.25, 0.3) is 5.91 Å². The Bertz CT molecular complexity index is 1330. The third kappa shape index (κ3) is 6.25. The number of piperidine rings is 1. The first kappa shape index (κ1) is 28.7. The standard InChI is InChI=1S/C34H41N3O4/c1-23-20-24(2)22-36(21-23)19-7-18-35-33(38)31-29-8-5-6-9-30(29)34(39)37(26-12-16-28(41-4)17-13-26)32(31)25-10-14-27(40-3)15-11-25/h5-6,8-17,23-24,31-32H,7,18-22H2,1-4H3,(H,35,38)/t23-,24-,31-,32-/m1/s1. The fraction of sp³-hybridized carbons (Fsp3) is 0.412. The van der Waals surface area contributed by atoms with Crippen molar-refractivity contribution in [2.75, 3.05) is 45.3 Å². The smallest absolute Gasteiger partial charge is 0.259 e. The van der Waals surface area contributed by atoms with E-state index in [0.717, 1.165) is 42.9 Å². The maximum atomic E-state index is 14.1. The largest absolute Gasteiger partial charge is 0.497 e. The molecule has 2 amide bonds. The third-order valence-corrected chi connectivity index (χ3v) is 8.32. The number of nitrogens with one attached hydrogen (secondary N) is 1. The Labute approximate surface area is 243 Å². The number of hydrogen-bond acceptors (Lipinski definition) is 5. The van der Waals surface area contributed by atoms with E-state index in [0.29, 0.717) is 35.4 Å². The summed E-state index contributed by atoms with van der Waals surface area (Å²) >= 11 is 0. The van der Waals surface area contributed by atoms with E-state index in [1.807, 2.05) is 72.8 Å². The van der Waals surface area contributed by atoms with Crippen LogP contribution in [-0.2, 0) is 4.79 Å². The van der Waals surface area contributed by atoms with Gasteiger partial charge >= 0.3 is 0 Å². The Balaban J connectivity index is 1.46. The average Bonchev–Trinajstić information content (AvgIpc) is 2.99. The van der Waals surface area contributed by atoms with Crippen molar-refractivity contribution in [2.45, 2.75) is 38.6 Å². The molecule has 5 rings (SSSR count). The van der Waals surface area contributed by atoms with E-state index >= 15 is 0 Å². The Morgan fingerprint density at radius 3 is 2.12 bits per heavy atom. The maximum absolute atomic E-state index is 14.1. The van der Waals surface area contributed by atoms with Crippen molar-refractivity contribution < 1.29 is 19.1 Å². The highest BCUT2D eigenvalue weighted by molar-refractivity contribution is 6.11. The maximum Gasteiger partial charge on any atom is 0.259 e. The summed E-state index contributed by atoms with van der Waals surface area (Å²) in [5.74, 6) is 2.03. The SMILES string of the molecule is COc1ccc([C@@H]2[C@H](C(=O)NCCCN3C[C@H](C)C[C@@H](C)C3)c3ccccc3C(=O)N2c2ccc(OC)cc2)cc1. The van der Waals surface area contributed by atoms with Gasteiger partial charge in [0.05, 0.1) is 26.2 Å². The molecule has 1 fully saturated rings. The van der Waals surface area contributed by atoms with E-state index in [4.69, 9.17) is 9.47 Å². The van der Waals surface area contributed by atoms with Gasteiger partial charge in [-0.1, -0.05) is 44.2 Å². The van der Waals surface area contributed by atoms with E-state index in [-0.39, 0.29) is 11.8 Å². The molecule has 41 heavy (non-hydrogen) atoms. The van der Waals surface area contributed by atoms with Crippen LogP contribution in [0.15, 0.2) is 72.8 Å². The molecular formula is C34H41N3O4. The minimum atomic E-state index is -0.588. The number of nitrogens with zero attached hydrogens (tertiary/aromatic N) is 2. The summed E-state index contributed by atoms with van der Waals surface area (Å²) in [4.78, 5) is 32.4. The van der Waals surface area contributed by atoms with Crippen LogP contribution in [0.4, 0.5) is 5.69 Å². The Hall–Kier alpha value is -3.84. The van der Waals surface area contributed by atoms with Gasteiger partial charge in [-0.05, 0) is 84.8 Å². The predicted molar refractivity (Wildman–Crippen MR) is 162 cm³/mol. The van der Waals surface area contributed by atoms with Crippen molar-refractivity contribution in [1.29, 1.82) is 0 Å². The lowest BCUT2D eigenvalue weighted by Gasteiger charge is -2.42. The lowest BCUT2D eigenvalue weighted by molar-refractivity contribution is -0.123. The molecule has 4 atom stereocenters. The van der Waals surface area contributed by atoms with Crippen LogP contribution >= 0.6 is 0 Å². The average molecular weight is 556 g/mol.